The molecule has 0 unspecified atom stereocenters. The Bertz CT molecular complexity index is 791. The van der Waals surface area contributed by atoms with Crippen LogP contribution in [0.15, 0.2) is 39.6 Å². The molecular weight excluding hydrogens is 318 g/mol. The number of hydrogen-bond donors (Lipinski definition) is 0. The zero-order valence-electron chi connectivity index (χ0n) is 13.3. The number of nitrogens with zero attached hydrogens (tertiary/aromatic N) is 1. The summed E-state index contributed by atoms with van der Waals surface area (Å²) < 4.78 is 37.3. The highest BCUT2D eigenvalue weighted by Gasteiger charge is 2.23. The van der Waals surface area contributed by atoms with E-state index in [4.69, 9.17) is 9.15 Å². The first kappa shape index (κ1) is 17.2. The Balaban J connectivity index is 2.57. The fourth-order valence-corrected chi connectivity index (χ4v) is 3.80. The van der Waals surface area contributed by atoms with Gasteiger partial charge in [-0.1, -0.05) is 13.8 Å². The van der Waals surface area contributed by atoms with Gasteiger partial charge < -0.3 is 9.15 Å². The molecule has 0 aliphatic rings. The van der Waals surface area contributed by atoms with Crippen molar-refractivity contribution in [1.29, 1.82) is 0 Å². The second-order valence-corrected chi connectivity index (χ2v) is 6.71. The lowest BCUT2D eigenvalue weighted by atomic mass is 10.1. The lowest BCUT2D eigenvalue weighted by Gasteiger charge is -2.19. The Morgan fingerprint density at radius 2 is 1.87 bits per heavy atom. The minimum atomic E-state index is -3.59. The summed E-state index contributed by atoms with van der Waals surface area (Å²) >= 11 is 0. The molecule has 1 heterocycles. The van der Waals surface area contributed by atoms with E-state index in [0.717, 1.165) is 0 Å². The quantitative estimate of drug-likeness (QED) is 0.726. The normalized spacial score (nSPS) is 11.7. The van der Waals surface area contributed by atoms with Crippen molar-refractivity contribution < 1.29 is 22.4 Å². The molecule has 0 atom stereocenters. The highest BCUT2D eigenvalue weighted by Crippen LogP contribution is 2.34. The molecule has 2 rings (SSSR count). The standard InChI is InChI=1S/C16H19NO5S/c1-4-17(5-2)23(19,20)13-7-9-15(21-3)14(10-13)16-8-6-12(11-18)22-16/h6-11H,4-5H2,1-3H3. The monoisotopic (exact) mass is 337 g/mol. The van der Waals surface area contributed by atoms with Crippen LogP contribution in [0, 0.1) is 0 Å². The molecule has 0 saturated heterocycles. The predicted octanol–water partition coefficient (Wildman–Crippen LogP) is 2.80. The third-order valence-electron chi connectivity index (χ3n) is 3.52. The van der Waals surface area contributed by atoms with E-state index in [1.165, 1.54) is 29.6 Å². The number of hydrogen-bond acceptors (Lipinski definition) is 5. The summed E-state index contributed by atoms with van der Waals surface area (Å²) in [5.74, 6) is 1.01. The summed E-state index contributed by atoms with van der Waals surface area (Å²) in [6, 6.07) is 7.71. The smallest absolute Gasteiger partial charge is 0.243 e. The van der Waals surface area contributed by atoms with Crippen molar-refractivity contribution in [3.8, 4) is 17.1 Å². The maximum Gasteiger partial charge on any atom is 0.243 e. The van der Waals surface area contributed by atoms with Crippen molar-refractivity contribution in [2.24, 2.45) is 0 Å². The van der Waals surface area contributed by atoms with Crippen LogP contribution in [0.3, 0.4) is 0 Å². The average Bonchev–Trinajstić information content (AvgIpc) is 3.04. The number of rotatable bonds is 7. The molecule has 0 aliphatic carbocycles. The average molecular weight is 337 g/mol. The van der Waals surface area contributed by atoms with Crippen LogP contribution in [0.25, 0.3) is 11.3 Å². The molecule has 0 fully saturated rings. The van der Waals surface area contributed by atoms with Crippen molar-refractivity contribution >= 4 is 16.3 Å². The van der Waals surface area contributed by atoms with Crippen molar-refractivity contribution in [2.45, 2.75) is 18.7 Å². The van der Waals surface area contributed by atoms with E-state index in [0.29, 0.717) is 36.4 Å². The molecule has 0 aliphatic heterocycles. The zero-order chi connectivity index (χ0) is 17.0. The molecule has 2 aromatic rings. The second kappa shape index (κ2) is 6.97. The number of methoxy groups -OCH3 is 1. The summed E-state index contributed by atoms with van der Waals surface area (Å²) in [6.45, 7) is 4.34. The molecule has 0 radical (unpaired) electrons. The summed E-state index contributed by atoms with van der Waals surface area (Å²) in [4.78, 5) is 10.9. The molecular formula is C16H19NO5S. The molecule has 23 heavy (non-hydrogen) atoms. The van der Waals surface area contributed by atoms with Gasteiger partial charge in [0.1, 0.15) is 11.5 Å². The Labute approximate surface area is 135 Å². The van der Waals surface area contributed by atoms with Crippen LogP contribution >= 0.6 is 0 Å². The maximum atomic E-state index is 12.6. The molecule has 1 aromatic heterocycles. The number of carbonyl (C=O) groups excluding carboxylic acids is 1. The van der Waals surface area contributed by atoms with Crippen LogP contribution < -0.4 is 4.74 Å². The molecule has 124 valence electrons. The van der Waals surface area contributed by atoms with Crippen LogP contribution in [-0.2, 0) is 10.0 Å². The summed E-state index contributed by atoms with van der Waals surface area (Å²) in [5, 5.41) is 0. The van der Waals surface area contributed by atoms with E-state index in [2.05, 4.69) is 0 Å². The first-order valence-corrected chi connectivity index (χ1v) is 8.65. The number of furan rings is 1. The topological polar surface area (TPSA) is 76.8 Å². The van der Waals surface area contributed by atoms with Gasteiger partial charge in [-0.15, -0.1) is 0 Å². The minimum Gasteiger partial charge on any atom is -0.496 e. The van der Waals surface area contributed by atoms with Crippen LogP contribution in [0.5, 0.6) is 5.75 Å². The van der Waals surface area contributed by atoms with Crippen molar-refractivity contribution in [1.82, 2.24) is 4.31 Å². The Hall–Kier alpha value is -2.12. The van der Waals surface area contributed by atoms with Gasteiger partial charge >= 0.3 is 0 Å². The van der Waals surface area contributed by atoms with E-state index in [1.54, 1.807) is 26.0 Å². The third kappa shape index (κ3) is 3.30. The van der Waals surface area contributed by atoms with Crippen LogP contribution in [0.2, 0.25) is 0 Å². The fourth-order valence-electron chi connectivity index (χ4n) is 2.31. The molecule has 0 amide bonds. The summed E-state index contributed by atoms with van der Waals surface area (Å²) in [5.41, 5.74) is 0.480. The van der Waals surface area contributed by atoms with E-state index in [9.17, 15) is 13.2 Å². The molecule has 1 aromatic carbocycles. The first-order chi connectivity index (χ1) is 11.0. The number of aldehydes is 1. The van der Waals surface area contributed by atoms with E-state index < -0.39 is 10.0 Å². The van der Waals surface area contributed by atoms with Gasteiger partial charge in [0.15, 0.2) is 12.0 Å². The minimum absolute atomic E-state index is 0.154. The lowest BCUT2D eigenvalue weighted by Crippen LogP contribution is -2.30. The predicted molar refractivity (Wildman–Crippen MR) is 86.2 cm³/mol. The molecule has 0 saturated carbocycles. The highest BCUT2D eigenvalue weighted by molar-refractivity contribution is 7.89. The molecule has 0 bridgehead atoms. The van der Waals surface area contributed by atoms with Crippen molar-refractivity contribution in [3.63, 3.8) is 0 Å². The van der Waals surface area contributed by atoms with Gasteiger partial charge in [0, 0.05) is 13.1 Å². The SMILES string of the molecule is CCN(CC)S(=O)(=O)c1ccc(OC)c(-c2ccc(C=O)o2)c1. The third-order valence-corrected chi connectivity index (χ3v) is 5.57. The van der Waals surface area contributed by atoms with E-state index >= 15 is 0 Å². The van der Waals surface area contributed by atoms with Crippen molar-refractivity contribution in [2.75, 3.05) is 20.2 Å². The fraction of sp³-hybridized carbons (Fsp3) is 0.312. The van der Waals surface area contributed by atoms with E-state index in [-0.39, 0.29) is 10.7 Å². The molecule has 0 spiro atoms. The number of benzene rings is 1. The Morgan fingerprint density at radius 1 is 1.17 bits per heavy atom. The molecule has 0 N–H and O–H groups in total. The van der Waals surface area contributed by atoms with Crippen LogP contribution in [0.4, 0.5) is 0 Å². The van der Waals surface area contributed by atoms with Gasteiger partial charge in [-0.25, -0.2) is 8.42 Å². The van der Waals surface area contributed by atoms with Gasteiger partial charge in [0.2, 0.25) is 10.0 Å². The van der Waals surface area contributed by atoms with Gasteiger partial charge in [0.05, 0.1) is 17.6 Å². The first-order valence-electron chi connectivity index (χ1n) is 7.21. The number of sulfonamides is 1. The van der Waals surface area contributed by atoms with Gasteiger partial charge in [0.25, 0.3) is 0 Å². The van der Waals surface area contributed by atoms with Gasteiger partial charge in [-0.2, -0.15) is 4.31 Å². The second-order valence-electron chi connectivity index (χ2n) is 4.77. The number of carbonyl (C=O) groups is 1. The van der Waals surface area contributed by atoms with E-state index in [1.807, 2.05) is 0 Å². The van der Waals surface area contributed by atoms with Crippen molar-refractivity contribution in [3.05, 3.63) is 36.1 Å². The number of ether oxygens (including phenoxy) is 1. The van der Waals surface area contributed by atoms with Crippen LogP contribution in [0.1, 0.15) is 24.4 Å². The summed E-state index contributed by atoms with van der Waals surface area (Å²) in [6.07, 6.45) is 0.590. The highest BCUT2D eigenvalue weighted by atomic mass is 32.2. The molecule has 6 nitrogen and oxygen atoms in total. The maximum absolute atomic E-state index is 12.6. The largest absolute Gasteiger partial charge is 0.496 e. The van der Waals surface area contributed by atoms with Crippen LogP contribution in [-0.4, -0.2) is 39.2 Å². The van der Waals surface area contributed by atoms with Gasteiger partial charge in [-0.05, 0) is 30.3 Å². The lowest BCUT2D eigenvalue weighted by molar-refractivity contribution is 0.110. The Morgan fingerprint density at radius 3 is 2.39 bits per heavy atom. The molecule has 7 heteroatoms. The Kier molecular flexibility index (Phi) is 5.23. The van der Waals surface area contributed by atoms with Gasteiger partial charge in [-0.3, -0.25) is 4.79 Å². The zero-order valence-corrected chi connectivity index (χ0v) is 14.1. The summed E-state index contributed by atoms with van der Waals surface area (Å²) in [7, 11) is -2.10.